The molecule has 2 aromatic rings. The third-order valence-corrected chi connectivity index (χ3v) is 6.68. The molecule has 5 nitrogen and oxygen atoms in total. The molecule has 2 aromatic carbocycles. The van der Waals surface area contributed by atoms with Gasteiger partial charge in [0.25, 0.3) is 5.91 Å². The van der Waals surface area contributed by atoms with Gasteiger partial charge in [-0.1, -0.05) is 48.9 Å². The number of dihydropyridines is 1. The number of benzene rings is 2. The average Bonchev–Trinajstić information content (AvgIpc) is 2.79. The highest BCUT2D eigenvalue weighted by atomic mass is 35.5. The molecule has 1 aliphatic heterocycles. The molecule has 2 N–H and O–H groups in total. The summed E-state index contributed by atoms with van der Waals surface area (Å²) in [5.41, 5.74) is 3.78. The first-order valence-electron chi connectivity index (χ1n) is 10.5. The molecule has 0 aromatic heterocycles. The fraction of sp³-hybridized carbons (Fsp3) is 0.280. The quantitative estimate of drug-likeness (QED) is 0.465. The molecule has 1 atom stereocenters. The molecular weight excluding hydrogens is 442 g/mol. The zero-order valence-electron chi connectivity index (χ0n) is 18.7. The molecule has 3 rings (SSSR count). The summed E-state index contributed by atoms with van der Waals surface area (Å²) < 4.78 is 5.41. The highest BCUT2D eigenvalue weighted by Crippen LogP contribution is 2.43. The van der Waals surface area contributed by atoms with Crippen molar-refractivity contribution in [2.24, 2.45) is 4.99 Å². The van der Waals surface area contributed by atoms with Gasteiger partial charge in [-0.05, 0) is 42.9 Å². The summed E-state index contributed by atoms with van der Waals surface area (Å²) in [6.07, 6.45) is 2.86. The van der Waals surface area contributed by atoms with E-state index in [0.29, 0.717) is 22.0 Å². The van der Waals surface area contributed by atoms with E-state index in [4.69, 9.17) is 16.3 Å². The summed E-state index contributed by atoms with van der Waals surface area (Å²) in [5, 5.41) is 8.07. The van der Waals surface area contributed by atoms with Crippen molar-refractivity contribution in [3.8, 4) is 5.75 Å². The summed E-state index contributed by atoms with van der Waals surface area (Å²) in [4.78, 5) is 17.9. The van der Waals surface area contributed by atoms with E-state index in [9.17, 15) is 4.79 Å². The van der Waals surface area contributed by atoms with Crippen molar-refractivity contribution >= 4 is 41.2 Å². The van der Waals surface area contributed by atoms with Crippen LogP contribution < -0.4 is 15.4 Å². The highest BCUT2D eigenvalue weighted by Gasteiger charge is 2.35. The number of allylic oxidation sites excluding steroid dienone is 2. The zero-order chi connectivity index (χ0) is 23.1. The molecule has 1 amide bonds. The number of halogens is 1. The number of nitrogens with zero attached hydrogens (tertiary/aromatic N) is 1. The summed E-state index contributed by atoms with van der Waals surface area (Å²) in [6, 6.07) is 15.0. The Labute approximate surface area is 199 Å². The predicted molar refractivity (Wildman–Crippen MR) is 136 cm³/mol. The van der Waals surface area contributed by atoms with Gasteiger partial charge in [-0.15, -0.1) is 11.8 Å². The van der Waals surface area contributed by atoms with Gasteiger partial charge >= 0.3 is 0 Å². The number of hydrogen-bond acceptors (Lipinski definition) is 5. The standard InChI is InChI=1S/C25H28ClN3O2S/c1-5-14-32-25-18(15-27-3)23(17-10-6-7-11-19(17)26)22(16(2)28-25)24(30)29-20-12-8-9-13-21(20)31-4/h6-13,15,23,28H,5,14H2,1-4H3,(H,29,30)/b27-15+. The number of anilines is 1. The van der Waals surface area contributed by atoms with Gasteiger partial charge in [0.05, 0.1) is 17.8 Å². The lowest BCUT2D eigenvalue weighted by Gasteiger charge is -2.32. The maximum absolute atomic E-state index is 13.6. The van der Waals surface area contributed by atoms with Crippen LogP contribution in [-0.4, -0.2) is 32.0 Å². The minimum absolute atomic E-state index is 0.217. The largest absolute Gasteiger partial charge is 0.495 e. The van der Waals surface area contributed by atoms with E-state index in [-0.39, 0.29) is 11.8 Å². The van der Waals surface area contributed by atoms with Gasteiger partial charge in [-0.2, -0.15) is 0 Å². The first-order chi connectivity index (χ1) is 15.5. The SMILES string of the molecule is CCCSC1=C(/C=N/C)C(c2ccccc2Cl)C(C(=O)Nc2ccccc2OC)=C(C)N1. The van der Waals surface area contributed by atoms with E-state index >= 15 is 0 Å². The van der Waals surface area contributed by atoms with Crippen LogP contribution >= 0.6 is 23.4 Å². The van der Waals surface area contributed by atoms with Gasteiger partial charge in [-0.25, -0.2) is 0 Å². The van der Waals surface area contributed by atoms with E-state index in [1.807, 2.05) is 61.7 Å². The molecule has 0 saturated carbocycles. The molecule has 0 radical (unpaired) electrons. The van der Waals surface area contributed by atoms with Crippen LogP contribution in [0.3, 0.4) is 0 Å². The molecule has 0 saturated heterocycles. The van der Waals surface area contributed by atoms with Crippen molar-refractivity contribution in [3.63, 3.8) is 0 Å². The maximum atomic E-state index is 13.6. The van der Waals surface area contributed by atoms with Crippen LogP contribution in [0.1, 0.15) is 31.7 Å². The summed E-state index contributed by atoms with van der Waals surface area (Å²) in [5.74, 6) is 0.977. The Balaban J connectivity index is 2.12. The Kier molecular flexibility index (Phi) is 8.42. The van der Waals surface area contributed by atoms with Crippen molar-refractivity contribution in [1.29, 1.82) is 0 Å². The number of carbonyl (C=O) groups excluding carboxylic acids is 1. The molecule has 1 unspecified atom stereocenters. The van der Waals surface area contributed by atoms with Crippen molar-refractivity contribution in [3.05, 3.63) is 81.0 Å². The second-order valence-corrected chi connectivity index (χ2v) is 8.81. The number of amides is 1. The fourth-order valence-electron chi connectivity index (χ4n) is 3.68. The highest BCUT2D eigenvalue weighted by molar-refractivity contribution is 8.03. The third-order valence-electron chi connectivity index (χ3n) is 5.10. The molecule has 0 spiro atoms. The van der Waals surface area contributed by atoms with Gasteiger partial charge in [0.2, 0.25) is 0 Å². The lowest BCUT2D eigenvalue weighted by Crippen LogP contribution is -2.31. The van der Waals surface area contributed by atoms with Crippen LogP contribution in [0.4, 0.5) is 5.69 Å². The van der Waals surface area contributed by atoms with Gasteiger partial charge in [0.1, 0.15) is 5.75 Å². The van der Waals surface area contributed by atoms with Crippen LogP contribution in [0.2, 0.25) is 5.02 Å². The van der Waals surface area contributed by atoms with E-state index < -0.39 is 0 Å². The number of para-hydroxylation sites is 2. The number of carbonyl (C=O) groups is 1. The molecule has 1 aliphatic rings. The Hall–Kier alpha value is -2.70. The Morgan fingerprint density at radius 1 is 1.25 bits per heavy atom. The number of hydrogen-bond donors (Lipinski definition) is 2. The van der Waals surface area contributed by atoms with Crippen LogP contribution in [0, 0.1) is 0 Å². The minimum Gasteiger partial charge on any atom is -0.495 e. The summed E-state index contributed by atoms with van der Waals surface area (Å²) in [7, 11) is 3.32. The minimum atomic E-state index is -0.359. The van der Waals surface area contributed by atoms with Crippen molar-refractivity contribution < 1.29 is 9.53 Å². The number of rotatable bonds is 8. The van der Waals surface area contributed by atoms with Crippen molar-refractivity contribution in [2.75, 3.05) is 25.2 Å². The van der Waals surface area contributed by atoms with Gasteiger partial charge in [0.15, 0.2) is 0 Å². The molecule has 168 valence electrons. The van der Waals surface area contributed by atoms with Crippen LogP contribution in [-0.2, 0) is 4.79 Å². The lowest BCUT2D eigenvalue weighted by molar-refractivity contribution is -0.113. The zero-order valence-corrected chi connectivity index (χ0v) is 20.3. The number of thioether (sulfide) groups is 1. The van der Waals surface area contributed by atoms with Crippen LogP contribution in [0.25, 0.3) is 0 Å². The normalized spacial score (nSPS) is 16.3. The molecule has 7 heteroatoms. The average molecular weight is 470 g/mol. The molecule has 0 fully saturated rings. The van der Waals surface area contributed by atoms with Crippen LogP contribution in [0.15, 0.2) is 75.4 Å². The smallest absolute Gasteiger partial charge is 0.254 e. The fourth-order valence-corrected chi connectivity index (χ4v) is 4.90. The first-order valence-corrected chi connectivity index (χ1v) is 11.8. The maximum Gasteiger partial charge on any atom is 0.254 e. The Morgan fingerprint density at radius 3 is 2.66 bits per heavy atom. The van der Waals surface area contributed by atoms with E-state index in [1.54, 1.807) is 25.9 Å². The second kappa shape index (κ2) is 11.2. The topological polar surface area (TPSA) is 62.7 Å². The molecule has 0 aliphatic carbocycles. The predicted octanol–water partition coefficient (Wildman–Crippen LogP) is 6.00. The third kappa shape index (κ3) is 5.19. The first kappa shape index (κ1) is 24.0. The number of nitrogens with one attached hydrogen (secondary N) is 2. The van der Waals surface area contributed by atoms with Gasteiger partial charge in [0, 0.05) is 41.0 Å². The van der Waals surface area contributed by atoms with E-state index in [0.717, 1.165) is 34.0 Å². The monoisotopic (exact) mass is 469 g/mol. The van der Waals surface area contributed by atoms with E-state index in [1.165, 1.54) is 0 Å². The molecule has 1 heterocycles. The summed E-state index contributed by atoms with van der Waals surface area (Å²) in [6.45, 7) is 4.07. The van der Waals surface area contributed by atoms with Gasteiger partial charge < -0.3 is 15.4 Å². The Morgan fingerprint density at radius 2 is 1.97 bits per heavy atom. The molecule has 0 bridgehead atoms. The van der Waals surface area contributed by atoms with Gasteiger partial charge in [-0.3, -0.25) is 9.79 Å². The summed E-state index contributed by atoms with van der Waals surface area (Å²) >= 11 is 8.36. The second-order valence-electron chi connectivity index (χ2n) is 7.29. The van der Waals surface area contributed by atoms with E-state index in [2.05, 4.69) is 22.5 Å². The molecular formula is C25H28ClN3O2S. The molecule has 32 heavy (non-hydrogen) atoms. The number of methoxy groups -OCH3 is 1. The van der Waals surface area contributed by atoms with Crippen molar-refractivity contribution in [1.82, 2.24) is 5.32 Å². The Bertz CT molecular complexity index is 1080. The lowest BCUT2D eigenvalue weighted by atomic mass is 9.82. The number of ether oxygens (including phenoxy) is 1. The number of aliphatic imine (C=N–C) groups is 1. The van der Waals surface area contributed by atoms with Crippen molar-refractivity contribution in [2.45, 2.75) is 26.2 Å². The van der Waals surface area contributed by atoms with Crippen LogP contribution in [0.5, 0.6) is 5.75 Å².